The molecule has 0 bridgehead atoms. The minimum absolute atomic E-state index is 0.139. The van der Waals surface area contributed by atoms with Crippen LogP contribution in [0.15, 0.2) is 48.5 Å². The fraction of sp³-hybridized carbons (Fsp3) is 0.278. The minimum Gasteiger partial charge on any atom is -0.492 e. The summed E-state index contributed by atoms with van der Waals surface area (Å²) in [4.78, 5) is 0. The van der Waals surface area contributed by atoms with Crippen molar-refractivity contribution in [3.63, 3.8) is 0 Å². The first kappa shape index (κ1) is 16.3. The molecule has 0 aliphatic carbocycles. The quantitative estimate of drug-likeness (QED) is 0.799. The number of thiocarbonyl (C=S) groups is 1. The lowest BCUT2D eigenvalue weighted by atomic mass is 10.1. The lowest BCUT2D eigenvalue weighted by Gasteiger charge is -2.19. The van der Waals surface area contributed by atoms with Gasteiger partial charge in [-0.1, -0.05) is 42.0 Å². The predicted octanol–water partition coefficient (Wildman–Crippen LogP) is 4.44. The Morgan fingerprint density at radius 3 is 2.50 bits per heavy atom. The van der Waals surface area contributed by atoms with Crippen molar-refractivity contribution in [2.75, 3.05) is 11.9 Å². The van der Waals surface area contributed by atoms with Crippen molar-refractivity contribution < 1.29 is 4.74 Å². The molecule has 0 heterocycles. The van der Waals surface area contributed by atoms with Gasteiger partial charge in [0.2, 0.25) is 0 Å². The highest BCUT2D eigenvalue weighted by atomic mass is 32.1. The molecule has 2 rings (SSSR count). The van der Waals surface area contributed by atoms with Gasteiger partial charge in [0.05, 0.1) is 18.3 Å². The summed E-state index contributed by atoms with van der Waals surface area (Å²) < 4.78 is 5.59. The van der Waals surface area contributed by atoms with Crippen molar-refractivity contribution in [3.8, 4) is 5.75 Å². The van der Waals surface area contributed by atoms with E-state index >= 15 is 0 Å². The molecule has 2 N–H and O–H groups in total. The number of hydrogen-bond acceptors (Lipinski definition) is 2. The Bertz CT molecular complexity index is 625. The number of hydrogen-bond donors (Lipinski definition) is 2. The number of rotatable bonds is 5. The molecule has 0 fully saturated rings. The number of anilines is 1. The monoisotopic (exact) mass is 314 g/mol. The van der Waals surface area contributed by atoms with Crippen LogP contribution in [0.25, 0.3) is 0 Å². The third kappa shape index (κ3) is 4.46. The van der Waals surface area contributed by atoms with Gasteiger partial charge in [-0.3, -0.25) is 0 Å². The molecule has 0 aliphatic heterocycles. The first-order chi connectivity index (χ1) is 10.6. The molecule has 1 atom stereocenters. The summed E-state index contributed by atoms with van der Waals surface area (Å²) in [5, 5.41) is 7.08. The summed E-state index contributed by atoms with van der Waals surface area (Å²) in [5.74, 6) is 0.803. The zero-order valence-electron chi connectivity index (χ0n) is 13.2. The molecule has 0 unspecified atom stereocenters. The van der Waals surface area contributed by atoms with Crippen molar-refractivity contribution in [2.24, 2.45) is 0 Å². The molecule has 0 radical (unpaired) electrons. The molecule has 4 heteroatoms. The van der Waals surface area contributed by atoms with E-state index in [1.54, 1.807) is 0 Å². The highest BCUT2D eigenvalue weighted by Crippen LogP contribution is 2.23. The highest BCUT2D eigenvalue weighted by molar-refractivity contribution is 7.80. The molecule has 2 aromatic rings. The maximum Gasteiger partial charge on any atom is 0.171 e. The molecule has 0 saturated heterocycles. The van der Waals surface area contributed by atoms with E-state index in [2.05, 4.69) is 48.7 Å². The maximum absolute atomic E-state index is 5.59. The molecule has 0 saturated carbocycles. The van der Waals surface area contributed by atoms with Crippen LogP contribution in [0.3, 0.4) is 0 Å². The molecular weight excluding hydrogens is 292 g/mol. The van der Waals surface area contributed by atoms with E-state index in [1.807, 2.05) is 31.2 Å². The number of benzene rings is 2. The van der Waals surface area contributed by atoms with Crippen LogP contribution >= 0.6 is 12.2 Å². The molecular formula is C18H22N2OS. The lowest BCUT2D eigenvalue weighted by Crippen LogP contribution is -2.31. The number of ether oxygens (including phenoxy) is 1. The Balaban J connectivity index is 1.99. The number of para-hydroxylation sites is 2. The second kappa shape index (κ2) is 7.80. The number of aryl methyl sites for hydroxylation is 1. The van der Waals surface area contributed by atoms with E-state index in [9.17, 15) is 0 Å². The zero-order valence-corrected chi connectivity index (χ0v) is 14.0. The van der Waals surface area contributed by atoms with Gasteiger partial charge in [-0.2, -0.15) is 0 Å². The van der Waals surface area contributed by atoms with Gasteiger partial charge in [0, 0.05) is 0 Å². The van der Waals surface area contributed by atoms with Gasteiger partial charge in [0.1, 0.15) is 5.75 Å². The van der Waals surface area contributed by atoms with E-state index in [1.165, 1.54) is 11.1 Å². The van der Waals surface area contributed by atoms with Gasteiger partial charge in [-0.15, -0.1) is 0 Å². The van der Waals surface area contributed by atoms with Gasteiger partial charge >= 0.3 is 0 Å². The summed E-state index contributed by atoms with van der Waals surface area (Å²) >= 11 is 5.40. The van der Waals surface area contributed by atoms with Gasteiger partial charge < -0.3 is 15.4 Å². The average molecular weight is 314 g/mol. The van der Waals surface area contributed by atoms with E-state index in [4.69, 9.17) is 17.0 Å². The fourth-order valence-corrected chi connectivity index (χ4v) is 2.43. The topological polar surface area (TPSA) is 33.3 Å². The third-order valence-electron chi connectivity index (χ3n) is 3.36. The van der Waals surface area contributed by atoms with Crippen LogP contribution in [0.1, 0.15) is 31.0 Å². The van der Waals surface area contributed by atoms with Crippen molar-refractivity contribution in [1.29, 1.82) is 0 Å². The van der Waals surface area contributed by atoms with Crippen LogP contribution in [0.5, 0.6) is 5.75 Å². The molecule has 0 spiro atoms. The summed E-state index contributed by atoms with van der Waals surface area (Å²) in [6.07, 6.45) is 0. The molecule has 116 valence electrons. The SMILES string of the molecule is CCOc1ccccc1NC(=S)N[C@@H](C)c1ccc(C)cc1. The fourth-order valence-electron chi connectivity index (χ4n) is 2.14. The van der Waals surface area contributed by atoms with Gasteiger partial charge in [0.25, 0.3) is 0 Å². The standard InChI is InChI=1S/C18H22N2OS/c1-4-21-17-8-6-5-7-16(17)20-18(22)19-14(3)15-11-9-13(2)10-12-15/h5-12,14H,4H2,1-3H3,(H2,19,20,22)/t14-/m0/s1. The van der Waals surface area contributed by atoms with Crippen LogP contribution in [-0.2, 0) is 0 Å². The summed E-state index contributed by atoms with van der Waals surface area (Å²) in [6, 6.07) is 16.4. The van der Waals surface area contributed by atoms with Crippen molar-refractivity contribution >= 4 is 23.0 Å². The Morgan fingerprint density at radius 2 is 1.82 bits per heavy atom. The Labute approximate surface area is 137 Å². The van der Waals surface area contributed by atoms with Crippen molar-refractivity contribution in [2.45, 2.75) is 26.8 Å². The van der Waals surface area contributed by atoms with Crippen LogP contribution in [0.2, 0.25) is 0 Å². The van der Waals surface area contributed by atoms with Crippen molar-refractivity contribution in [3.05, 3.63) is 59.7 Å². The lowest BCUT2D eigenvalue weighted by molar-refractivity contribution is 0.342. The first-order valence-electron chi connectivity index (χ1n) is 7.46. The molecule has 3 nitrogen and oxygen atoms in total. The first-order valence-corrected chi connectivity index (χ1v) is 7.87. The Hall–Kier alpha value is -2.07. The Kier molecular flexibility index (Phi) is 5.78. The highest BCUT2D eigenvalue weighted by Gasteiger charge is 2.09. The van der Waals surface area contributed by atoms with Crippen LogP contribution < -0.4 is 15.4 Å². The van der Waals surface area contributed by atoms with Gasteiger partial charge in [0.15, 0.2) is 5.11 Å². The predicted molar refractivity (Wildman–Crippen MR) is 96.6 cm³/mol. The summed E-state index contributed by atoms with van der Waals surface area (Å²) in [5.41, 5.74) is 3.33. The molecule has 0 aliphatic rings. The average Bonchev–Trinajstić information content (AvgIpc) is 2.50. The largest absolute Gasteiger partial charge is 0.492 e. The van der Waals surface area contributed by atoms with Crippen LogP contribution in [0.4, 0.5) is 5.69 Å². The molecule has 2 aromatic carbocycles. The maximum atomic E-state index is 5.59. The second-order valence-corrected chi connectivity index (χ2v) is 5.57. The van der Waals surface area contributed by atoms with Crippen LogP contribution in [0, 0.1) is 6.92 Å². The second-order valence-electron chi connectivity index (χ2n) is 5.16. The normalized spacial score (nSPS) is 11.6. The Morgan fingerprint density at radius 1 is 1.14 bits per heavy atom. The van der Waals surface area contributed by atoms with Crippen molar-refractivity contribution in [1.82, 2.24) is 5.32 Å². The third-order valence-corrected chi connectivity index (χ3v) is 3.58. The van der Waals surface area contributed by atoms with E-state index in [-0.39, 0.29) is 6.04 Å². The zero-order chi connectivity index (χ0) is 15.9. The molecule has 0 amide bonds. The summed E-state index contributed by atoms with van der Waals surface area (Å²) in [6.45, 7) is 6.76. The van der Waals surface area contributed by atoms with E-state index in [0.29, 0.717) is 11.7 Å². The summed E-state index contributed by atoms with van der Waals surface area (Å²) in [7, 11) is 0. The van der Waals surface area contributed by atoms with E-state index in [0.717, 1.165) is 11.4 Å². The van der Waals surface area contributed by atoms with Gasteiger partial charge in [-0.25, -0.2) is 0 Å². The molecule has 22 heavy (non-hydrogen) atoms. The molecule has 0 aromatic heterocycles. The van der Waals surface area contributed by atoms with Gasteiger partial charge in [-0.05, 0) is 50.7 Å². The smallest absolute Gasteiger partial charge is 0.171 e. The minimum atomic E-state index is 0.139. The van der Waals surface area contributed by atoms with E-state index < -0.39 is 0 Å². The van der Waals surface area contributed by atoms with Crippen LogP contribution in [-0.4, -0.2) is 11.7 Å². The number of nitrogens with one attached hydrogen (secondary N) is 2.